The van der Waals surface area contributed by atoms with Gasteiger partial charge in [-0.25, -0.2) is 14.8 Å². The van der Waals surface area contributed by atoms with Gasteiger partial charge in [0.2, 0.25) is 5.88 Å². The van der Waals surface area contributed by atoms with Gasteiger partial charge in [0.1, 0.15) is 11.3 Å². The van der Waals surface area contributed by atoms with Crippen LogP contribution in [0.25, 0.3) is 10.6 Å². The first-order valence-electron chi connectivity index (χ1n) is 9.43. The lowest BCUT2D eigenvalue weighted by atomic mass is 10.2. The quantitative estimate of drug-likeness (QED) is 0.596. The summed E-state index contributed by atoms with van der Waals surface area (Å²) in [4.78, 5) is 37.7. The van der Waals surface area contributed by atoms with Crippen molar-refractivity contribution in [1.82, 2.24) is 20.3 Å². The van der Waals surface area contributed by atoms with Crippen LogP contribution in [0.1, 0.15) is 36.1 Å². The molecule has 3 rings (SSSR count). The van der Waals surface area contributed by atoms with Crippen molar-refractivity contribution in [2.75, 3.05) is 12.4 Å². The van der Waals surface area contributed by atoms with Crippen molar-refractivity contribution in [3.8, 4) is 16.5 Å². The molecule has 0 spiro atoms. The molecule has 0 saturated carbocycles. The fraction of sp³-hybridized carbons (Fsp3) is 0.286. The number of aromatic nitrogens is 3. The number of nitrogens with one attached hydrogen (secondary N) is 2. The summed E-state index contributed by atoms with van der Waals surface area (Å²) in [5.41, 5.74) is 1.39. The largest absolute Gasteiger partial charge is 0.480 e. The monoisotopic (exact) mass is 441 g/mol. The van der Waals surface area contributed by atoms with E-state index in [1.54, 1.807) is 51.4 Å². The molecule has 3 aromatic rings. The molecule has 162 valence electrons. The number of carbonyl (C=O) groups excluding carboxylic acids is 2. The Bertz CT molecular complexity index is 1080. The van der Waals surface area contributed by atoms with E-state index < -0.39 is 11.7 Å². The van der Waals surface area contributed by atoms with Crippen LogP contribution in [0.4, 0.5) is 10.5 Å². The van der Waals surface area contributed by atoms with Crippen LogP contribution in [0.2, 0.25) is 0 Å². The van der Waals surface area contributed by atoms with E-state index in [0.29, 0.717) is 27.1 Å². The molecular weight excluding hydrogens is 418 g/mol. The van der Waals surface area contributed by atoms with Crippen molar-refractivity contribution in [2.45, 2.75) is 32.9 Å². The molecule has 0 bridgehead atoms. The zero-order valence-corrected chi connectivity index (χ0v) is 18.4. The molecule has 0 aliphatic rings. The Morgan fingerprint density at radius 3 is 2.71 bits per heavy atom. The number of carbonyl (C=O) groups is 2. The molecule has 2 heterocycles. The van der Waals surface area contributed by atoms with Crippen LogP contribution >= 0.6 is 11.3 Å². The van der Waals surface area contributed by atoms with Gasteiger partial charge >= 0.3 is 6.09 Å². The van der Waals surface area contributed by atoms with Crippen LogP contribution in [0.3, 0.4) is 0 Å². The van der Waals surface area contributed by atoms with E-state index >= 15 is 0 Å². The standard InChI is InChI=1S/C21H23N5O4S/c1-21(2,3)30-20(28)25-14-7-5-6-13(8-14)9-23-18(27)19-24-11-16(31-19)15-10-22-12-17(26-15)29-4/h5-8,10-12H,9H2,1-4H3,(H,23,27)(H,25,28). The predicted molar refractivity (Wildman–Crippen MR) is 117 cm³/mol. The van der Waals surface area contributed by atoms with E-state index in [-0.39, 0.29) is 12.5 Å². The van der Waals surface area contributed by atoms with Crippen LogP contribution in [-0.4, -0.2) is 39.7 Å². The Balaban J connectivity index is 1.60. The summed E-state index contributed by atoms with van der Waals surface area (Å²) in [6.45, 7) is 5.66. The van der Waals surface area contributed by atoms with E-state index in [2.05, 4.69) is 25.6 Å². The van der Waals surface area contributed by atoms with Gasteiger partial charge in [-0.1, -0.05) is 12.1 Å². The maximum Gasteiger partial charge on any atom is 0.412 e. The van der Waals surface area contributed by atoms with Crippen LogP contribution in [-0.2, 0) is 11.3 Å². The minimum absolute atomic E-state index is 0.274. The summed E-state index contributed by atoms with van der Waals surface area (Å²) in [5, 5.41) is 5.82. The first-order chi connectivity index (χ1) is 14.7. The van der Waals surface area contributed by atoms with Gasteiger partial charge in [0.25, 0.3) is 5.91 Å². The average molecular weight is 442 g/mol. The smallest absolute Gasteiger partial charge is 0.412 e. The fourth-order valence-corrected chi connectivity index (χ4v) is 3.29. The third-order valence-electron chi connectivity index (χ3n) is 3.80. The van der Waals surface area contributed by atoms with E-state index in [0.717, 1.165) is 5.56 Å². The van der Waals surface area contributed by atoms with Crippen molar-refractivity contribution in [1.29, 1.82) is 0 Å². The zero-order chi connectivity index (χ0) is 22.4. The third kappa shape index (κ3) is 6.48. The van der Waals surface area contributed by atoms with Crippen LogP contribution in [0, 0.1) is 0 Å². The highest BCUT2D eigenvalue weighted by Gasteiger charge is 2.17. The fourth-order valence-electron chi connectivity index (χ4n) is 2.50. The van der Waals surface area contributed by atoms with E-state index in [4.69, 9.17) is 9.47 Å². The van der Waals surface area contributed by atoms with Crippen LogP contribution in [0.15, 0.2) is 42.9 Å². The number of thiazole rings is 1. The Hall–Kier alpha value is -3.53. The summed E-state index contributed by atoms with van der Waals surface area (Å²) in [5.74, 6) is 0.0781. The number of rotatable bonds is 6. The number of anilines is 1. The number of hydrogen-bond acceptors (Lipinski definition) is 8. The second kappa shape index (κ2) is 9.52. The van der Waals surface area contributed by atoms with Gasteiger partial charge in [0, 0.05) is 18.4 Å². The summed E-state index contributed by atoms with van der Waals surface area (Å²) in [6.07, 6.45) is 4.13. The van der Waals surface area contributed by atoms with Crippen LogP contribution in [0.5, 0.6) is 5.88 Å². The molecule has 0 atom stereocenters. The highest BCUT2D eigenvalue weighted by molar-refractivity contribution is 7.16. The highest BCUT2D eigenvalue weighted by Crippen LogP contribution is 2.25. The Morgan fingerprint density at radius 2 is 1.97 bits per heavy atom. The minimum Gasteiger partial charge on any atom is -0.480 e. The zero-order valence-electron chi connectivity index (χ0n) is 17.6. The number of hydrogen-bond donors (Lipinski definition) is 2. The maximum atomic E-state index is 12.5. The molecule has 31 heavy (non-hydrogen) atoms. The van der Waals surface area contributed by atoms with Crippen molar-refractivity contribution < 1.29 is 19.1 Å². The molecule has 0 aliphatic carbocycles. The molecule has 9 nitrogen and oxygen atoms in total. The Morgan fingerprint density at radius 1 is 1.16 bits per heavy atom. The van der Waals surface area contributed by atoms with Gasteiger partial charge in [0.05, 0.1) is 24.4 Å². The molecule has 0 unspecified atom stereocenters. The van der Waals surface area contributed by atoms with E-state index in [9.17, 15) is 9.59 Å². The lowest BCUT2D eigenvalue weighted by Gasteiger charge is -2.19. The van der Waals surface area contributed by atoms with Crippen molar-refractivity contribution in [3.05, 3.63) is 53.4 Å². The molecule has 0 aliphatic heterocycles. The lowest BCUT2D eigenvalue weighted by Crippen LogP contribution is -2.27. The average Bonchev–Trinajstić information content (AvgIpc) is 3.21. The highest BCUT2D eigenvalue weighted by atomic mass is 32.1. The van der Waals surface area contributed by atoms with Gasteiger partial charge in [-0.2, -0.15) is 0 Å². The predicted octanol–water partition coefficient (Wildman–Crippen LogP) is 3.89. The first-order valence-corrected chi connectivity index (χ1v) is 10.2. The van der Waals surface area contributed by atoms with Gasteiger partial charge in [-0.15, -0.1) is 11.3 Å². The van der Waals surface area contributed by atoms with Crippen molar-refractivity contribution in [2.24, 2.45) is 0 Å². The Kier molecular flexibility index (Phi) is 6.81. The SMILES string of the molecule is COc1cncc(-c2cnc(C(=O)NCc3cccc(NC(=O)OC(C)(C)C)c3)s2)n1. The number of amides is 2. The number of ether oxygens (including phenoxy) is 2. The molecule has 1 aromatic carbocycles. The minimum atomic E-state index is -0.585. The molecule has 2 N–H and O–H groups in total. The normalized spacial score (nSPS) is 11.0. The summed E-state index contributed by atoms with van der Waals surface area (Å²) in [7, 11) is 1.51. The maximum absolute atomic E-state index is 12.5. The topological polar surface area (TPSA) is 115 Å². The van der Waals surface area contributed by atoms with Crippen molar-refractivity contribution in [3.63, 3.8) is 0 Å². The van der Waals surface area contributed by atoms with Gasteiger partial charge in [0.15, 0.2) is 5.01 Å². The van der Waals surface area contributed by atoms with E-state index in [1.165, 1.54) is 24.6 Å². The van der Waals surface area contributed by atoms with Gasteiger partial charge < -0.3 is 14.8 Å². The van der Waals surface area contributed by atoms with Crippen molar-refractivity contribution >= 4 is 29.0 Å². The van der Waals surface area contributed by atoms with Gasteiger partial charge in [-0.05, 0) is 38.5 Å². The van der Waals surface area contributed by atoms with E-state index in [1.807, 2.05) is 6.07 Å². The number of nitrogens with zero attached hydrogens (tertiary/aromatic N) is 3. The molecule has 10 heteroatoms. The second-order valence-corrected chi connectivity index (χ2v) is 8.52. The summed E-state index contributed by atoms with van der Waals surface area (Å²) in [6, 6.07) is 7.15. The molecule has 2 aromatic heterocycles. The first kappa shape index (κ1) is 22.2. The lowest BCUT2D eigenvalue weighted by molar-refractivity contribution is 0.0635. The third-order valence-corrected chi connectivity index (χ3v) is 4.82. The summed E-state index contributed by atoms with van der Waals surface area (Å²) >= 11 is 1.21. The van der Waals surface area contributed by atoms with Gasteiger partial charge in [-0.3, -0.25) is 15.1 Å². The molecule has 0 radical (unpaired) electrons. The van der Waals surface area contributed by atoms with Crippen LogP contribution < -0.4 is 15.4 Å². The number of methoxy groups -OCH3 is 1. The Labute approximate surface area is 183 Å². The summed E-state index contributed by atoms with van der Waals surface area (Å²) < 4.78 is 10.3. The molecule has 0 saturated heterocycles. The second-order valence-electron chi connectivity index (χ2n) is 7.49. The molecular formula is C21H23N5O4S. The molecule has 2 amide bonds. The molecule has 0 fully saturated rings. The number of benzene rings is 1.